The van der Waals surface area contributed by atoms with Crippen LogP contribution in [0, 0.1) is 0 Å². The number of carbonyl (C=O) groups excluding carboxylic acids is 1. The van der Waals surface area contributed by atoms with Gasteiger partial charge < -0.3 is 20.5 Å². The first-order chi connectivity index (χ1) is 8.17. The van der Waals surface area contributed by atoms with Gasteiger partial charge in [0.25, 0.3) is 5.91 Å². The predicted molar refractivity (Wildman–Crippen MR) is 56.2 cm³/mol. The maximum Gasteiger partial charge on any atom is 0.277 e. The number of carbonyl (C=O) groups is 1. The smallest absolute Gasteiger partial charge is 0.277 e. The second-order valence-electron chi connectivity index (χ2n) is 3.87. The van der Waals surface area contributed by atoms with Crippen molar-refractivity contribution in [3.05, 3.63) is 5.69 Å². The lowest BCUT2D eigenvalue weighted by molar-refractivity contribution is -0.0149. The van der Waals surface area contributed by atoms with Gasteiger partial charge >= 0.3 is 0 Å². The fourth-order valence-electron chi connectivity index (χ4n) is 1.64. The quantitative estimate of drug-likeness (QED) is 0.709. The first kappa shape index (κ1) is 11.8. The number of ether oxygens (including phenoxy) is 2. The lowest BCUT2D eigenvalue weighted by atomic mass is 10.0. The van der Waals surface area contributed by atoms with Crippen LogP contribution in [0.1, 0.15) is 16.9 Å². The molecule has 1 fully saturated rings. The van der Waals surface area contributed by atoms with Gasteiger partial charge in [-0.3, -0.25) is 4.79 Å². The molecule has 8 nitrogen and oxygen atoms in total. The van der Waals surface area contributed by atoms with Crippen LogP contribution in [0.25, 0.3) is 0 Å². The number of nitrogen functional groups attached to an aromatic ring is 1. The van der Waals surface area contributed by atoms with Crippen LogP contribution >= 0.6 is 0 Å². The van der Waals surface area contributed by atoms with Crippen LogP contribution in [-0.4, -0.2) is 48.7 Å². The Labute approximate surface area is 97.4 Å². The molecule has 8 heteroatoms. The highest BCUT2D eigenvalue weighted by atomic mass is 16.6. The topological polar surface area (TPSA) is 112 Å². The van der Waals surface area contributed by atoms with E-state index in [1.165, 1.54) is 0 Å². The Bertz CT molecular complexity index is 399. The van der Waals surface area contributed by atoms with Crippen LogP contribution in [0.3, 0.4) is 0 Å². The van der Waals surface area contributed by atoms with Crippen molar-refractivity contribution >= 4 is 11.7 Å². The van der Waals surface area contributed by atoms with Crippen LogP contribution in [0.4, 0.5) is 5.82 Å². The monoisotopic (exact) mass is 242 g/mol. The molecule has 0 aliphatic carbocycles. The first-order valence-electron chi connectivity index (χ1n) is 5.16. The number of nitrogens with zero attached hydrogens (tertiary/aromatic N) is 2. The van der Waals surface area contributed by atoms with Crippen LogP contribution in [0.15, 0.2) is 4.63 Å². The van der Waals surface area contributed by atoms with Gasteiger partial charge in [0, 0.05) is 26.7 Å². The number of aromatic nitrogens is 2. The molecule has 1 atom stereocenters. The Morgan fingerprint density at radius 1 is 1.65 bits per heavy atom. The fraction of sp³-hybridized carbons (Fsp3) is 0.667. The molecule has 0 saturated carbocycles. The number of hydrogen-bond donors (Lipinski definition) is 2. The largest absolute Gasteiger partial charge is 0.379 e. The summed E-state index contributed by atoms with van der Waals surface area (Å²) in [6.45, 7) is 1.41. The normalized spacial score (nSPS) is 23.8. The third-order valence-electron chi connectivity index (χ3n) is 2.80. The third kappa shape index (κ3) is 2.37. The van der Waals surface area contributed by atoms with E-state index in [2.05, 4.69) is 20.3 Å². The molecule has 1 aliphatic rings. The summed E-state index contributed by atoms with van der Waals surface area (Å²) in [5, 5.41) is 9.42. The maximum atomic E-state index is 11.7. The van der Waals surface area contributed by atoms with Gasteiger partial charge in [-0.25, -0.2) is 4.63 Å². The molecule has 1 saturated heterocycles. The summed E-state index contributed by atoms with van der Waals surface area (Å²) in [6, 6.07) is 0. The number of methoxy groups -OCH3 is 1. The zero-order chi connectivity index (χ0) is 12.3. The average molecular weight is 242 g/mol. The number of nitrogens with one attached hydrogen (secondary N) is 1. The van der Waals surface area contributed by atoms with Crippen molar-refractivity contribution in [2.24, 2.45) is 0 Å². The Morgan fingerprint density at radius 2 is 2.47 bits per heavy atom. The summed E-state index contributed by atoms with van der Waals surface area (Å²) in [6.07, 6.45) is 0.732. The number of hydrogen-bond acceptors (Lipinski definition) is 7. The summed E-state index contributed by atoms with van der Waals surface area (Å²) in [7, 11) is 1.59. The molecule has 17 heavy (non-hydrogen) atoms. The molecule has 1 aromatic heterocycles. The van der Waals surface area contributed by atoms with Crippen LogP contribution in [0.5, 0.6) is 0 Å². The van der Waals surface area contributed by atoms with E-state index in [0.717, 1.165) is 6.42 Å². The molecule has 0 bridgehead atoms. The zero-order valence-corrected chi connectivity index (χ0v) is 9.43. The van der Waals surface area contributed by atoms with E-state index in [4.69, 9.17) is 15.2 Å². The summed E-state index contributed by atoms with van der Waals surface area (Å²) in [5.41, 5.74) is 4.92. The summed E-state index contributed by atoms with van der Waals surface area (Å²) in [5.74, 6) is -0.469. The molecule has 2 rings (SSSR count). The molecule has 1 aromatic rings. The number of nitrogens with two attached hydrogens (primary N) is 1. The minimum absolute atomic E-state index is 0.0184. The predicted octanol–water partition coefficient (Wildman–Crippen LogP) is -0.813. The Morgan fingerprint density at radius 3 is 3.00 bits per heavy atom. The van der Waals surface area contributed by atoms with Crippen LogP contribution in [0.2, 0.25) is 0 Å². The molecule has 0 aromatic carbocycles. The Hall–Kier alpha value is -1.67. The van der Waals surface area contributed by atoms with Gasteiger partial charge in [0.1, 0.15) is 5.60 Å². The lowest BCUT2D eigenvalue weighted by Gasteiger charge is -2.25. The van der Waals surface area contributed by atoms with Crippen molar-refractivity contribution in [3.63, 3.8) is 0 Å². The Balaban J connectivity index is 1.94. The van der Waals surface area contributed by atoms with Gasteiger partial charge in [0.05, 0.1) is 6.61 Å². The van der Waals surface area contributed by atoms with Crippen LogP contribution in [-0.2, 0) is 9.47 Å². The van der Waals surface area contributed by atoms with E-state index in [0.29, 0.717) is 19.8 Å². The van der Waals surface area contributed by atoms with Crippen molar-refractivity contribution in [3.8, 4) is 0 Å². The number of amides is 1. The molecule has 2 heterocycles. The zero-order valence-electron chi connectivity index (χ0n) is 9.43. The molecule has 1 aliphatic heterocycles. The second kappa shape index (κ2) is 4.68. The average Bonchev–Trinajstić information content (AvgIpc) is 2.95. The van der Waals surface area contributed by atoms with Gasteiger partial charge in [-0.15, -0.1) is 0 Å². The van der Waals surface area contributed by atoms with E-state index < -0.39 is 11.5 Å². The van der Waals surface area contributed by atoms with Crippen molar-refractivity contribution in [1.82, 2.24) is 15.6 Å². The second-order valence-corrected chi connectivity index (χ2v) is 3.87. The summed E-state index contributed by atoms with van der Waals surface area (Å²) >= 11 is 0. The lowest BCUT2D eigenvalue weighted by Crippen LogP contribution is -2.45. The SMILES string of the molecule is COC1(CNC(=O)c2nonc2N)CCOC1. The van der Waals surface area contributed by atoms with Gasteiger partial charge in [0.15, 0.2) is 0 Å². The summed E-state index contributed by atoms with van der Waals surface area (Å²) in [4.78, 5) is 11.7. The minimum Gasteiger partial charge on any atom is -0.379 e. The van der Waals surface area contributed by atoms with E-state index in [1.54, 1.807) is 7.11 Å². The minimum atomic E-state index is -0.471. The molecular formula is C9H14N4O4. The van der Waals surface area contributed by atoms with Crippen molar-refractivity contribution in [2.75, 3.05) is 32.6 Å². The molecule has 1 unspecified atom stereocenters. The van der Waals surface area contributed by atoms with E-state index in [9.17, 15) is 4.79 Å². The maximum absolute atomic E-state index is 11.7. The van der Waals surface area contributed by atoms with Gasteiger partial charge in [-0.2, -0.15) is 0 Å². The van der Waals surface area contributed by atoms with Crippen molar-refractivity contribution < 1.29 is 18.9 Å². The highest BCUT2D eigenvalue weighted by Gasteiger charge is 2.35. The van der Waals surface area contributed by atoms with E-state index >= 15 is 0 Å². The third-order valence-corrected chi connectivity index (χ3v) is 2.80. The van der Waals surface area contributed by atoms with Crippen molar-refractivity contribution in [1.29, 1.82) is 0 Å². The Kier molecular flexibility index (Phi) is 3.25. The van der Waals surface area contributed by atoms with E-state index in [-0.39, 0.29) is 11.5 Å². The van der Waals surface area contributed by atoms with E-state index in [1.807, 2.05) is 0 Å². The highest BCUT2D eigenvalue weighted by Crippen LogP contribution is 2.21. The molecule has 3 N–H and O–H groups in total. The molecule has 1 amide bonds. The number of anilines is 1. The standard InChI is InChI=1S/C9H14N4O4/c1-15-9(2-3-16-5-9)4-11-8(14)6-7(10)13-17-12-6/h2-5H2,1H3,(H2,10,13)(H,11,14). The van der Waals surface area contributed by atoms with Gasteiger partial charge in [-0.05, 0) is 10.3 Å². The van der Waals surface area contributed by atoms with Crippen molar-refractivity contribution in [2.45, 2.75) is 12.0 Å². The number of rotatable bonds is 4. The molecule has 94 valence electrons. The molecular weight excluding hydrogens is 228 g/mol. The fourth-order valence-corrected chi connectivity index (χ4v) is 1.64. The van der Waals surface area contributed by atoms with Gasteiger partial charge in [0.2, 0.25) is 11.5 Å². The highest BCUT2D eigenvalue weighted by molar-refractivity contribution is 5.96. The van der Waals surface area contributed by atoms with Crippen LogP contribution < -0.4 is 11.1 Å². The molecule has 0 radical (unpaired) electrons. The first-order valence-corrected chi connectivity index (χ1v) is 5.16. The molecule has 0 spiro atoms. The summed E-state index contributed by atoms with van der Waals surface area (Å²) < 4.78 is 15.0. The van der Waals surface area contributed by atoms with Gasteiger partial charge in [-0.1, -0.05) is 0 Å².